The molecule has 3 heteroatoms. The fraction of sp³-hybridized carbons (Fsp3) is 0.400. The molecule has 2 nitrogen and oxygen atoms in total. The molecule has 1 aromatic rings. The molecule has 1 aromatic carbocycles. The van der Waals surface area contributed by atoms with Gasteiger partial charge in [0.2, 0.25) is 0 Å². The summed E-state index contributed by atoms with van der Waals surface area (Å²) in [5.74, 6) is 0. The molecule has 0 bridgehead atoms. The van der Waals surface area contributed by atoms with Gasteiger partial charge in [0, 0.05) is 5.02 Å². The number of hydrogen-bond donors (Lipinski definition) is 2. The summed E-state index contributed by atoms with van der Waals surface area (Å²) in [5.41, 5.74) is 7.82. The van der Waals surface area contributed by atoms with Crippen molar-refractivity contribution in [2.45, 2.75) is 19.4 Å². The summed E-state index contributed by atoms with van der Waals surface area (Å²) < 4.78 is 0. The van der Waals surface area contributed by atoms with Crippen molar-refractivity contribution >= 4 is 11.6 Å². The van der Waals surface area contributed by atoms with E-state index in [0.29, 0.717) is 5.02 Å². The van der Waals surface area contributed by atoms with Crippen LogP contribution in [0.2, 0.25) is 5.02 Å². The lowest BCUT2D eigenvalue weighted by Gasteiger charge is -2.13. The molecule has 0 saturated carbocycles. The van der Waals surface area contributed by atoms with Crippen molar-refractivity contribution in [3.8, 4) is 0 Å². The monoisotopic (exact) mass is 199 g/mol. The lowest BCUT2D eigenvalue weighted by Crippen LogP contribution is -2.16. The van der Waals surface area contributed by atoms with Gasteiger partial charge in [-0.15, -0.1) is 0 Å². The van der Waals surface area contributed by atoms with Crippen molar-refractivity contribution < 1.29 is 5.11 Å². The lowest BCUT2D eigenvalue weighted by molar-refractivity contribution is 0.267. The molecule has 0 radical (unpaired) electrons. The first-order valence-corrected chi connectivity index (χ1v) is 4.71. The van der Waals surface area contributed by atoms with E-state index in [4.69, 9.17) is 22.4 Å². The molecule has 0 aliphatic rings. The summed E-state index contributed by atoms with van der Waals surface area (Å²) in [5, 5.41) is 9.59. The molecular formula is C10H14ClNO. The summed E-state index contributed by atoms with van der Waals surface area (Å²) in [6.45, 7) is 2.00. The highest BCUT2D eigenvalue weighted by Crippen LogP contribution is 2.21. The Kier molecular flexibility index (Phi) is 3.72. The van der Waals surface area contributed by atoms with E-state index in [-0.39, 0.29) is 12.6 Å². The minimum Gasteiger partial charge on any atom is -0.394 e. The predicted octanol–water partition coefficient (Wildman–Crippen LogP) is 1.89. The zero-order valence-corrected chi connectivity index (χ0v) is 8.38. The third kappa shape index (κ3) is 2.44. The second-order valence-electron chi connectivity index (χ2n) is 2.99. The van der Waals surface area contributed by atoms with Crippen LogP contribution in [0.1, 0.15) is 24.1 Å². The molecule has 0 aliphatic heterocycles. The van der Waals surface area contributed by atoms with Crippen molar-refractivity contribution in [1.29, 1.82) is 0 Å². The SMILES string of the molecule is CCc1ccc(Cl)cc1C(N)CO. The van der Waals surface area contributed by atoms with Crippen LogP contribution >= 0.6 is 11.6 Å². The van der Waals surface area contributed by atoms with E-state index in [0.717, 1.165) is 17.5 Å². The predicted molar refractivity (Wildman–Crippen MR) is 54.8 cm³/mol. The maximum Gasteiger partial charge on any atom is 0.0624 e. The van der Waals surface area contributed by atoms with Crippen molar-refractivity contribution in [3.05, 3.63) is 34.3 Å². The Balaban J connectivity index is 3.07. The quantitative estimate of drug-likeness (QED) is 0.781. The van der Waals surface area contributed by atoms with Crippen LogP contribution in [0.15, 0.2) is 18.2 Å². The highest BCUT2D eigenvalue weighted by molar-refractivity contribution is 6.30. The molecule has 0 aliphatic carbocycles. The van der Waals surface area contributed by atoms with E-state index < -0.39 is 0 Å². The van der Waals surface area contributed by atoms with Gasteiger partial charge < -0.3 is 10.8 Å². The lowest BCUT2D eigenvalue weighted by atomic mass is 10.00. The third-order valence-corrected chi connectivity index (χ3v) is 2.32. The van der Waals surface area contributed by atoms with Gasteiger partial charge in [0.25, 0.3) is 0 Å². The zero-order chi connectivity index (χ0) is 9.84. The Morgan fingerprint density at radius 1 is 1.54 bits per heavy atom. The first-order chi connectivity index (χ1) is 6.19. The van der Waals surface area contributed by atoms with Crippen LogP contribution in [0.3, 0.4) is 0 Å². The van der Waals surface area contributed by atoms with Crippen LogP contribution in [0.4, 0.5) is 0 Å². The Labute approximate surface area is 83.3 Å². The average molecular weight is 200 g/mol. The van der Waals surface area contributed by atoms with E-state index in [9.17, 15) is 0 Å². The maximum atomic E-state index is 8.93. The van der Waals surface area contributed by atoms with E-state index in [2.05, 4.69) is 6.92 Å². The van der Waals surface area contributed by atoms with E-state index in [1.807, 2.05) is 18.2 Å². The number of aryl methyl sites for hydroxylation is 1. The highest BCUT2D eigenvalue weighted by Gasteiger charge is 2.09. The van der Waals surface area contributed by atoms with Crippen LogP contribution in [-0.4, -0.2) is 11.7 Å². The van der Waals surface area contributed by atoms with E-state index in [1.54, 1.807) is 0 Å². The standard InChI is InChI=1S/C10H14ClNO/c1-2-7-3-4-8(11)5-9(7)10(12)6-13/h3-5,10,13H,2,6,12H2,1H3. The zero-order valence-electron chi connectivity index (χ0n) is 7.63. The molecule has 0 fully saturated rings. The molecule has 1 unspecified atom stereocenters. The molecule has 3 N–H and O–H groups in total. The number of aliphatic hydroxyl groups is 1. The maximum absolute atomic E-state index is 8.93. The first kappa shape index (κ1) is 10.5. The molecule has 0 amide bonds. The third-order valence-electron chi connectivity index (χ3n) is 2.08. The molecule has 1 rings (SSSR count). The van der Waals surface area contributed by atoms with Gasteiger partial charge in [0.1, 0.15) is 0 Å². The minimum atomic E-state index is -0.325. The van der Waals surface area contributed by atoms with Crippen molar-refractivity contribution in [3.63, 3.8) is 0 Å². The normalized spacial score (nSPS) is 12.9. The fourth-order valence-corrected chi connectivity index (χ4v) is 1.51. The van der Waals surface area contributed by atoms with E-state index >= 15 is 0 Å². The summed E-state index contributed by atoms with van der Waals surface area (Å²) in [7, 11) is 0. The van der Waals surface area contributed by atoms with Crippen molar-refractivity contribution in [1.82, 2.24) is 0 Å². The summed E-state index contributed by atoms with van der Waals surface area (Å²) in [4.78, 5) is 0. The number of rotatable bonds is 3. The minimum absolute atomic E-state index is 0.0483. The summed E-state index contributed by atoms with van der Waals surface area (Å²) in [6, 6.07) is 5.29. The average Bonchev–Trinajstić information content (AvgIpc) is 2.16. The van der Waals surface area contributed by atoms with Gasteiger partial charge in [-0.3, -0.25) is 0 Å². The Bertz CT molecular complexity index is 288. The van der Waals surface area contributed by atoms with Gasteiger partial charge >= 0.3 is 0 Å². The van der Waals surface area contributed by atoms with Gasteiger partial charge in [-0.2, -0.15) is 0 Å². The molecule has 0 aromatic heterocycles. The number of nitrogens with two attached hydrogens (primary N) is 1. The molecule has 0 saturated heterocycles. The van der Waals surface area contributed by atoms with Crippen LogP contribution in [0.5, 0.6) is 0 Å². The molecule has 72 valence electrons. The second-order valence-corrected chi connectivity index (χ2v) is 3.42. The molecular weight excluding hydrogens is 186 g/mol. The number of benzene rings is 1. The topological polar surface area (TPSA) is 46.2 Å². The smallest absolute Gasteiger partial charge is 0.0624 e. The largest absolute Gasteiger partial charge is 0.394 e. The summed E-state index contributed by atoms with van der Waals surface area (Å²) in [6.07, 6.45) is 0.903. The van der Waals surface area contributed by atoms with Crippen molar-refractivity contribution in [2.24, 2.45) is 5.73 Å². The Morgan fingerprint density at radius 2 is 2.23 bits per heavy atom. The van der Waals surface area contributed by atoms with Gasteiger partial charge in [0.15, 0.2) is 0 Å². The van der Waals surface area contributed by atoms with Crippen molar-refractivity contribution in [2.75, 3.05) is 6.61 Å². The number of halogens is 1. The molecule has 13 heavy (non-hydrogen) atoms. The molecule has 0 heterocycles. The fourth-order valence-electron chi connectivity index (χ4n) is 1.33. The Morgan fingerprint density at radius 3 is 2.77 bits per heavy atom. The van der Waals surface area contributed by atoms with Crippen LogP contribution in [0, 0.1) is 0 Å². The van der Waals surface area contributed by atoms with Crippen LogP contribution in [0.25, 0.3) is 0 Å². The first-order valence-electron chi connectivity index (χ1n) is 4.33. The van der Waals surface area contributed by atoms with Crippen LogP contribution in [-0.2, 0) is 6.42 Å². The summed E-state index contributed by atoms with van der Waals surface area (Å²) >= 11 is 5.84. The second kappa shape index (κ2) is 4.61. The van der Waals surface area contributed by atoms with Gasteiger partial charge in [-0.05, 0) is 29.7 Å². The van der Waals surface area contributed by atoms with E-state index in [1.165, 1.54) is 0 Å². The molecule has 1 atom stereocenters. The molecule has 0 spiro atoms. The Hall–Kier alpha value is -0.570. The highest BCUT2D eigenvalue weighted by atomic mass is 35.5. The number of hydrogen-bond acceptors (Lipinski definition) is 2. The van der Waals surface area contributed by atoms with Gasteiger partial charge in [-0.25, -0.2) is 0 Å². The number of aliphatic hydroxyl groups excluding tert-OH is 1. The van der Waals surface area contributed by atoms with Gasteiger partial charge in [-0.1, -0.05) is 24.6 Å². The van der Waals surface area contributed by atoms with Gasteiger partial charge in [0.05, 0.1) is 12.6 Å². The van der Waals surface area contributed by atoms with Crippen LogP contribution < -0.4 is 5.73 Å².